The molecule has 0 bridgehead atoms. The van der Waals surface area contributed by atoms with Gasteiger partial charge in [-0.05, 0) is 113 Å². The maximum Gasteiger partial charge on any atom is 0.302 e. The molecule has 0 aromatic heterocycles. The Morgan fingerprint density at radius 2 is 0.592 bits per heavy atom. The van der Waals surface area contributed by atoms with Crippen molar-refractivity contribution in [1.29, 1.82) is 0 Å². The summed E-state index contributed by atoms with van der Waals surface area (Å²) in [7, 11) is 0. The normalized spacial score (nSPS) is 26.2. The summed E-state index contributed by atoms with van der Waals surface area (Å²) in [5.74, 6) is 1.57. The van der Waals surface area contributed by atoms with Gasteiger partial charge in [0.2, 0.25) is 5.91 Å². The van der Waals surface area contributed by atoms with Crippen LogP contribution in [0.2, 0.25) is 0 Å². The number of esters is 3. The quantitative estimate of drug-likeness (QED) is 0.0325. The number of rotatable bonds is 56. The van der Waals surface area contributed by atoms with E-state index in [-0.39, 0.29) is 185 Å². The van der Waals surface area contributed by atoms with Crippen LogP contribution < -0.4 is 11.1 Å². The molecule has 3 aliphatic heterocycles. The zero-order valence-electron chi connectivity index (χ0n) is 62.2. The third kappa shape index (κ3) is 37.1. The Bertz CT molecular complexity index is 2080. The summed E-state index contributed by atoms with van der Waals surface area (Å²) in [6, 6.07) is 0. The maximum atomic E-state index is 12.9. The van der Waals surface area contributed by atoms with Crippen LogP contribution in [0.25, 0.3) is 0 Å². The van der Waals surface area contributed by atoms with Crippen molar-refractivity contribution in [3.63, 3.8) is 0 Å². The fourth-order valence-electron chi connectivity index (χ4n) is 12.6. The van der Waals surface area contributed by atoms with Gasteiger partial charge in [-0.25, -0.2) is 0 Å². The first kappa shape index (κ1) is 88.0. The second-order valence-electron chi connectivity index (χ2n) is 28.6. The van der Waals surface area contributed by atoms with Gasteiger partial charge in [0.15, 0.2) is 18.9 Å². The molecule has 15 atom stereocenters. The number of Topliss-reactive ketones (excluding diaryl/α,β-unsaturated/α-hetero) is 5. The van der Waals surface area contributed by atoms with Crippen molar-refractivity contribution in [3.05, 3.63) is 0 Å². The summed E-state index contributed by atoms with van der Waals surface area (Å²) in [6.45, 7) is 26.0. The number of unbranched alkanes of at least 4 members (excludes halogenated alkanes) is 8. The molecule has 3 fully saturated rings. The summed E-state index contributed by atoms with van der Waals surface area (Å²) in [4.78, 5) is 111. The Balaban J connectivity index is 1.32. The van der Waals surface area contributed by atoms with E-state index >= 15 is 0 Å². The summed E-state index contributed by atoms with van der Waals surface area (Å²) < 4.78 is 70.2. The molecule has 0 aromatic rings. The van der Waals surface area contributed by atoms with Crippen molar-refractivity contribution in [2.24, 2.45) is 59.0 Å². The number of carbonyl (C=O) groups is 9. The molecule has 98 heavy (non-hydrogen) atoms. The number of ether oxygens (including phenoxy) is 12. The van der Waals surface area contributed by atoms with Crippen molar-refractivity contribution < 1.29 is 100.0 Å². The van der Waals surface area contributed by atoms with Crippen molar-refractivity contribution in [2.75, 3.05) is 85.8 Å². The van der Waals surface area contributed by atoms with Gasteiger partial charge in [-0.15, -0.1) is 0 Å². The highest BCUT2D eigenvalue weighted by molar-refractivity contribution is 5.80. The second-order valence-corrected chi connectivity index (χ2v) is 28.6. The molecule has 0 radical (unpaired) electrons. The number of hydrogen-bond acceptors (Lipinski definition) is 22. The van der Waals surface area contributed by atoms with E-state index in [2.05, 4.69) is 67.6 Å². The Labute approximate surface area is 586 Å². The van der Waals surface area contributed by atoms with Crippen LogP contribution in [0, 0.1) is 53.3 Å². The van der Waals surface area contributed by atoms with Gasteiger partial charge in [0.1, 0.15) is 48.7 Å². The Morgan fingerprint density at radius 1 is 0.327 bits per heavy atom. The van der Waals surface area contributed by atoms with Crippen molar-refractivity contribution >= 4 is 52.7 Å². The van der Waals surface area contributed by atoms with Crippen LogP contribution in [0.1, 0.15) is 244 Å². The SMILES string of the molecule is CC(=O)OCC1O[C@@H](OCCCCC(=O)CCCCCC(=O)CCOCC(N)(COCCC(=O)CCCCCC(=O)CCCCO[C@@H]2OC(COC(C)=O)[C@H](C)[C@H](C)C2C)COCCC(=O)NCCCCC(=O)CCCCO[C@@H]2OC(COC(C)=O)[C@H](C)[C@H](C)C2C)C(C)[C@@H](C)[C@H]1C. The number of carbonyl (C=O) groups excluding carboxylic acids is 9. The van der Waals surface area contributed by atoms with Crippen molar-refractivity contribution in [3.8, 4) is 0 Å². The summed E-state index contributed by atoms with van der Waals surface area (Å²) in [5.41, 5.74) is 5.65. The van der Waals surface area contributed by atoms with E-state index in [0.29, 0.717) is 160 Å². The average Bonchev–Trinajstić information content (AvgIpc) is 0.834. The van der Waals surface area contributed by atoms with Crippen LogP contribution in [0.3, 0.4) is 0 Å². The molecule has 566 valence electrons. The molecule has 3 rings (SSSR count). The van der Waals surface area contributed by atoms with E-state index in [1.165, 1.54) is 20.8 Å². The monoisotopic (exact) mass is 1390 g/mol. The smallest absolute Gasteiger partial charge is 0.302 e. The number of nitrogens with two attached hydrogens (primary N) is 1. The zero-order chi connectivity index (χ0) is 72.4. The third-order valence-corrected chi connectivity index (χ3v) is 20.4. The Morgan fingerprint density at radius 3 is 0.888 bits per heavy atom. The van der Waals surface area contributed by atoms with Crippen molar-refractivity contribution in [2.45, 2.75) is 286 Å². The Hall–Kier alpha value is -4.17. The lowest BCUT2D eigenvalue weighted by Gasteiger charge is -2.43. The minimum absolute atomic E-state index is 0.000189. The second kappa shape index (κ2) is 50.2. The average molecular weight is 1400 g/mol. The molecule has 3 heterocycles. The van der Waals surface area contributed by atoms with Gasteiger partial charge in [0, 0.05) is 136 Å². The first-order valence-corrected chi connectivity index (χ1v) is 37.3. The van der Waals surface area contributed by atoms with Gasteiger partial charge in [-0.3, -0.25) is 43.2 Å². The highest BCUT2D eigenvalue weighted by Crippen LogP contribution is 2.38. The molecule has 0 aromatic carbocycles. The summed E-state index contributed by atoms with van der Waals surface area (Å²) in [6.07, 6.45) is 11.9. The predicted octanol–water partition coefficient (Wildman–Crippen LogP) is 11.1. The summed E-state index contributed by atoms with van der Waals surface area (Å²) >= 11 is 0. The van der Waals surface area contributed by atoms with Crippen LogP contribution >= 0.6 is 0 Å². The number of nitrogens with one attached hydrogen (secondary N) is 1. The van der Waals surface area contributed by atoms with Crippen LogP contribution in [-0.2, 0) is 100.0 Å². The molecule has 0 spiro atoms. The molecule has 6 unspecified atom stereocenters. The first-order valence-electron chi connectivity index (χ1n) is 37.3. The first-order chi connectivity index (χ1) is 46.7. The van der Waals surface area contributed by atoms with E-state index < -0.39 is 24.4 Å². The number of hydrogen-bond donors (Lipinski definition) is 2. The minimum atomic E-state index is -1.15. The number of amides is 1. The maximum absolute atomic E-state index is 12.9. The lowest BCUT2D eigenvalue weighted by molar-refractivity contribution is -0.255. The molecule has 23 nitrogen and oxygen atoms in total. The highest BCUT2D eigenvalue weighted by atomic mass is 16.7. The van der Waals surface area contributed by atoms with E-state index in [0.717, 1.165) is 25.7 Å². The third-order valence-electron chi connectivity index (χ3n) is 20.4. The standard InChI is InChI=1S/C75H130N2O21/c1-51-54(4)68(45-93-60(10)78)96-72(57(51)7)90-39-24-20-32-63(81)27-15-13-17-29-66(84)35-42-87-48-75(76,49-88-43-36-67(85)30-18-14-16-28-64(82)33-21-25-40-91-73-58(8)52(2)55(5)69(97-73)46-94-61(11)79)50-89-44-37-71(86)77-38-23-19-31-65(83)34-22-26-41-92-74-59(9)53(3)56(6)70(98-74)47-95-62(12)80/h51-59,68-70,72-74H,13-50,76H2,1-12H3,(H,77,86)/t51-,52-,53-,54+,55+,56+,57?,58?,59?,68?,69?,70?,72+,73+,74+,75?/m0/s1. The van der Waals surface area contributed by atoms with Crippen LogP contribution in [0.15, 0.2) is 0 Å². The van der Waals surface area contributed by atoms with Gasteiger partial charge < -0.3 is 67.9 Å². The molecule has 3 N–H and O–H groups in total. The van der Waals surface area contributed by atoms with Gasteiger partial charge in [0.25, 0.3) is 0 Å². The molecular weight excluding hydrogens is 1260 g/mol. The fraction of sp³-hybridized carbons (Fsp3) is 0.880. The largest absolute Gasteiger partial charge is 0.463 e. The molecule has 1 amide bonds. The van der Waals surface area contributed by atoms with Crippen LogP contribution in [-0.4, -0.2) is 181 Å². The van der Waals surface area contributed by atoms with E-state index in [4.69, 9.17) is 62.6 Å². The molecule has 0 aliphatic carbocycles. The van der Waals surface area contributed by atoms with Crippen molar-refractivity contribution in [1.82, 2.24) is 5.32 Å². The topological polar surface area (TPSA) is 302 Å². The molecule has 0 saturated carbocycles. The lowest BCUT2D eigenvalue weighted by Crippen LogP contribution is -2.53. The molecule has 3 aliphatic rings. The van der Waals surface area contributed by atoms with Gasteiger partial charge in [0.05, 0.1) is 63.5 Å². The number of ketones is 5. The van der Waals surface area contributed by atoms with E-state index in [1.807, 2.05) is 0 Å². The lowest BCUT2D eigenvalue weighted by atomic mass is 9.79. The van der Waals surface area contributed by atoms with Crippen LogP contribution in [0.4, 0.5) is 0 Å². The predicted molar refractivity (Wildman–Crippen MR) is 369 cm³/mol. The summed E-state index contributed by atoms with van der Waals surface area (Å²) in [5, 5.41) is 2.90. The zero-order valence-corrected chi connectivity index (χ0v) is 62.2. The van der Waals surface area contributed by atoms with Gasteiger partial charge in [-0.1, -0.05) is 75.2 Å². The highest BCUT2D eigenvalue weighted by Gasteiger charge is 2.43. The molecular formula is C75H130N2O21. The molecule has 3 saturated heterocycles. The van der Waals surface area contributed by atoms with Gasteiger partial charge >= 0.3 is 17.9 Å². The van der Waals surface area contributed by atoms with Gasteiger partial charge in [-0.2, -0.15) is 0 Å². The fourth-order valence-corrected chi connectivity index (χ4v) is 12.6. The minimum Gasteiger partial charge on any atom is -0.463 e. The van der Waals surface area contributed by atoms with E-state index in [1.54, 1.807) is 0 Å². The van der Waals surface area contributed by atoms with E-state index in [9.17, 15) is 43.2 Å². The molecule has 23 heteroatoms. The van der Waals surface area contributed by atoms with Crippen LogP contribution in [0.5, 0.6) is 0 Å². The Kier molecular flexibility index (Phi) is 45.1.